The molecule has 0 aliphatic carbocycles. The first-order valence-electron chi connectivity index (χ1n) is 6.41. The minimum atomic E-state index is 0.978. The fourth-order valence-corrected chi connectivity index (χ4v) is 4.54. The molecule has 19 heavy (non-hydrogen) atoms. The Morgan fingerprint density at radius 1 is 1.32 bits per heavy atom. The molecule has 1 aliphatic rings. The predicted octanol–water partition coefficient (Wildman–Crippen LogP) is 3.52. The van der Waals surface area contributed by atoms with Crippen LogP contribution in [0.1, 0.15) is 0 Å². The van der Waals surface area contributed by atoms with Crippen molar-refractivity contribution >= 4 is 54.4 Å². The van der Waals surface area contributed by atoms with E-state index in [1.807, 2.05) is 6.07 Å². The van der Waals surface area contributed by atoms with Gasteiger partial charge in [0.15, 0.2) is 5.13 Å². The zero-order valence-corrected chi connectivity index (χ0v) is 13.8. The Bertz CT molecular complexity index is 552. The van der Waals surface area contributed by atoms with Crippen LogP contribution in [0.25, 0.3) is 10.2 Å². The summed E-state index contributed by atoms with van der Waals surface area (Å²) in [6.07, 6.45) is 0. The molecule has 6 heteroatoms. The van der Waals surface area contributed by atoms with Crippen molar-refractivity contribution in [3.63, 3.8) is 0 Å². The third kappa shape index (κ3) is 3.62. The maximum atomic E-state index is 4.60. The van der Waals surface area contributed by atoms with Crippen molar-refractivity contribution < 1.29 is 0 Å². The zero-order chi connectivity index (χ0) is 13.1. The Hall–Kier alpha value is -0.300. The number of nitrogens with one attached hydrogen (secondary N) is 1. The molecule has 0 spiro atoms. The average Bonchev–Trinajstić information content (AvgIpc) is 2.82. The third-order valence-corrected chi connectivity index (χ3v) is 5.57. The number of hydrogen-bond donors (Lipinski definition) is 1. The summed E-state index contributed by atoms with van der Waals surface area (Å²) in [4.78, 5) is 7.12. The quantitative estimate of drug-likeness (QED) is 0.905. The first-order chi connectivity index (χ1) is 9.31. The second-order valence-electron chi connectivity index (χ2n) is 4.51. The van der Waals surface area contributed by atoms with Gasteiger partial charge in [-0.2, -0.15) is 11.8 Å². The van der Waals surface area contributed by atoms with Gasteiger partial charge >= 0.3 is 0 Å². The number of thiazole rings is 1. The third-order valence-electron chi connectivity index (χ3n) is 3.16. The van der Waals surface area contributed by atoms with E-state index >= 15 is 0 Å². The number of benzene rings is 1. The lowest BCUT2D eigenvalue weighted by molar-refractivity contribution is 0.314. The van der Waals surface area contributed by atoms with Gasteiger partial charge in [-0.05, 0) is 18.2 Å². The van der Waals surface area contributed by atoms with Crippen molar-refractivity contribution in [1.82, 2.24) is 9.88 Å². The Morgan fingerprint density at radius 2 is 2.16 bits per heavy atom. The summed E-state index contributed by atoms with van der Waals surface area (Å²) in [5, 5.41) is 4.47. The molecule has 1 aromatic carbocycles. The zero-order valence-electron chi connectivity index (χ0n) is 10.6. The molecular weight excluding hydrogens is 342 g/mol. The number of nitrogens with zero attached hydrogens (tertiary/aromatic N) is 2. The Labute approximate surface area is 129 Å². The van der Waals surface area contributed by atoms with Crippen molar-refractivity contribution in [3.8, 4) is 0 Å². The fraction of sp³-hybridized carbons (Fsp3) is 0.462. The minimum absolute atomic E-state index is 0.978. The molecular formula is C13H16BrN3S2. The molecule has 1 fully saturated rings. The van der Waals surface area contributed by atoms with Crippen LogP contribution in [0.15, 0.2) is 22.7 Å². The molecule has 0 unspecified atom stereocenters. The van der Waals surface area contributed by atoms with Crippen molar-refractivity contribution in [3.05, 3.63) is 22.7 Å². The SMILES string of the molecule is Brc1ccc2nc(NCCN3CCSCC3)sc2c1. The van der Waals surface area contributed by atoms with Gasteiger partial charge in [0.05, 0.1) is 10.2 Å². The van der Waals surface area contributed by atoms with E-state index in [1.54, 1.807) is 11.3 Å². The highest BCUT2D eigenvalue weighted by Gasteiger charge is 2.10. The second kappa shape index (κ2) is 6.43. The van der Waals surface area contributed by atoms with Crippen LogP contribution in [0.2, 0.25) is 0 Å². The van der Waals surface area contributed by atoms with Crippen LogP contribution < -0.4 is 5.32 Å². The number of anilines is 1. The summed E-state index contributed by atoms with van der Waals surface area (Å²) >= 11 is 7.28. The molecule has 1 aliphatic heterocycles. The normalized spacial score (nSPS) is 16.9. The fourth-order valence-electron chi connectivity index (χ4n) is 2.12. The topological polar surface area (TPSA) is 28.2 Å². The Balaban J connectivity index is 1.56. The van der Waals surface area contributed by atoms with E-state index in [4.69, 9.17) is 0 Å². The van der Waals surface area contributed by atoms with E-state index < -0.39 is 0 Å². The van der Waals surface area contributed by atoms with E-state index in [9.17, 15) is 0 Å². The lowest BCUT2D eigenvalue weighted by Gasteiger charge is -2.25. The van der Waals surface area contributed by atoms with Gasteiger partial charge in [-0.3, -0.25) is 4.90 Å². The standard InChI is InChI=1S/C13H16BrN3S2/c14-10-1-2-11-12(9-10)19-13(16-11)15-3-4-17-5-7-18-8-6-17/h1-2,9H,3-8H2,(H,15,16). The average molecular weight is 358 g/mol. The van der Waals surface area contributed by atoms with Gasteiger partial charge in [0.1, 0.15) is 0 Å². The molecule has 2 aromatic rings. The molecule has 0 radical (unpaired) electrons. The van der Waals surface area contributed by atoms with Crippen molar-refractivity contribution in [1.29, 1.82) is 0 Å². The largest absolute Gasteiger partial charge is 0.360 e. The van der Waals surface area contributed by atoms with Crippen LogP contribution in [-0.4, -0.2) is 47.6 Å². The maximum Gasteiger partial charge on any atom is 0.183 e. The molecule has 0 atom stereocenters. The lowest BCUT2D eigenvalue weighted by Crippen LogP contribution is -2.36. The van der Waals surface area contributed by atoms with Gasteiger partial charge in [0.2, 0.25) is 0 Å². The highest BCUT2D eigenvalue weighted by atomic mass is 79.9. The number of hydrogen-bond acceptors (Lipinski definition) is 5. The van der Waals surface area contributed by atoms with Gasteiger partial charge in [-0.1, -0.05) is 27.3 Å². The summed E-state index contributed by atoms with van der Waals surface area (Å²) < 4.78 is 2.34. The van der Waals surface area contributed by atoms with Crippen LogP contribution in [-0.2, 0) is 0 Å². The molecule has 1 saturated heterocycles. The summed E-state index contributed by atoms with van der Waals surface area (Å²) in [6, 6.07) is 6.22. The number of halogens is 1. The van der Waals surface area contributed by atoms with E-state index in [-0.39, 0.29) is 0 Å². The van der Waals surface area contributed by atoms with Gasteiger partial charge in [-0.25, -0.2) is 4.98 Å². The second-order valence-corrected chi connectivity index (χ2v) is 7.68. The van der Waals surface area contributed by atoms with Crippen molar-refractivity contribution in [2.24, 2.45) is 0 Å². The number of rotatable bonds is 4. The summed E-state index contributed by atoms with van der Waals surface area (Å²) in [7, 11) is 0. The van der Waals surface area contributed by atoms with E-state index in [1.165, 1.54) is 29.3 Å². The summed E-state index contributed by atoms with van der Waals surface area (Å²) in [5.41, 5.74) is 1.07. The highest BCUT2D eigenvalue weighted by molar-refractivity contribution is 9.10. The van der Waals surface area contributed by atoms with Crippen LogP contribution >= 0.6 is 39.0 Å². The molecule has 3 rings (SSSR count). The number of aromatic nitrogens is 1. The van der Waals surface area contributed by atoms with Gasteiger partial charge in [0.25, 0.3) is 0 Å². The Kier molecular flexibility index (Phi) is 4.63. The molecule has 2 heterocycles. The van der Waals surface area contributed by atoms with Crippen LogP contribution in [0.4, 0.5) is 5.13 Å². The first kappa shape index (κ1) is 13.7. The number of thioether (sulfide) groups is 1. The lowest BCUT2D eigenvalue weighted by atomic mass is 10.3. The first-order valence-corrected chi connectivity index (χ1v) is 9.18. The van der Waals surface area contributed by atoms with Crippen LogP contribution in [0.5, 0.6) is 0 Å². The molecule has 1 N–H and O–H groups in total. The van der Waals surface area contributed by atoms with Crippen LogP contribution in [0, 0.1) is 0 Å². The monoisotopic (exact) mass is 357 g/mol. The van der Waals surface area contributed by atoms with Crippen molar-refractivity contribution in [2.75, 3.05) is 43.0 Å². The summed E-state index contributed by atoms with van der Waals surface area (Å²) in [5.74, 6) is 2.55. The van der Waals surface area contributed by atoms with E-state index in [0.717, 1.165) is 28.2 Å². The van der Waals surface area contributed by atoms with Gasteiger partial charge in [-0.15, -0.1) is 0 Å². The molecule has 0 bridgehead atoms. The minimum Gasteiger partial charge on any atom is -0.360 e. The summed E-state index contributed by atoms with van der Waals surface area (Å²) in [6.45, 7) is 4.53. The maximum absolute atomic E-state index is 4.60. The molecule has 3 nitrogen and oxygen atoms in total. The van der Waals surface area contributed by atoms with Gasteiger partial charge < -0.3 is 5.32 Å². The highest BCUT2D eigenvalue weighted by Crippen LogP contribution is 2.28. The molecule has 0 saturated carbocycles. The smallest absolute Gasteiger partial charge is 0.183 e. The van der Waals surface area contributed by atoms with E-state index in [0.29, 0.717) is 0 Å². The molecule has 0 amide bonds. The van der Waals surface area contributed by atoms with Crippen molar-refractivity contribution in [2.45, 2.75) is 0 Å². The number of fused-ring (bicyclic) bond motifs is 1. The van der Waals surface area contributed by atoms with E-state index in [2.05, 4.69) is 55.0 Å². The van der Waals surface area contributed by atoms with Crippen LogP contribution in [0.3, 0.4) is 0 Å². The molecule has 1 aromatic heterocycles. The predicted molar refractivity (Wildman–Crippen MR) is 89.6 cm³/mol. The van der Waals surface area contributed by atoms with Gasteiger partial charge in [0, 0.05) is 42.2 Å². The molecule has 102 valence electrons. The Morgan fingerprint density at radius 3 is 3.00 bits per heavy atom.